The lowest BCUT2D eigenvalue weighted by Gasteiger charge is -2.22. The number of pyridine rings is 1. The molecular weight excluding hydrogens is 226 g/mol. The van der Waals surface area contributed by atoms with E-state index in [4.69, 9.17) is 5.73 Å². The third-order valence-corrected chi connectivity index (χ3v) is 2.85. The average molecular weight is 249 g/mol. The van der Waals surface area contributed by atoms with E-state index < -0.39 is 6.04 Å². The van der Waals surface area contributed by atoms with Crippen molar-refractivity contribution in [1.29, 1.82) is 0 Å². The summed E-state index contributed by atoms with van der Waals surface area (Å²) in [5.41, 5.74) is 6.88. The first-order valence-electron chi connectivity index (χ1n) is 6.41. The third kappa shape index (κ3) is 4.84. The third-order valence-electron chi connectivity index (χ3n) is 2.85. The molecule has 4 heteroatoms. The van der Waals surface area contributed by atoms with Crippen LogP contribution in [-0.2, 0) is 11.2 Å². The highest BCUT2D eigenvalue weighted by atomic mass is 16.2. The fourth-order valence-electron chi connectivity index (χ4n) is 1.83. The molecule has 0 radical (unpaired) electrons. The van der Waals surface area contributed by atoms with Crippen LogP contribution in [0.5, 0.6) is 0 Å². The zero-order chi connectivity index (χ0) is 13.5. The van der Waals surface area contributed by atoms with Gasteiger partial charge < -0.3 is 10.6 Å². The van der Waals surface area contributed by atoms with Crippen LogP contribution in [0.25, 0.3) is 0 Å². The number of amides is 1. The minimum atomic E-state index is -0.390. The van der Waals surface area contributed by atoms with Gasteiger partial charge in [0.1, 0.15) is 0 Å². The fraction of sp³-hybridized carbons (Fsp3) is 0.571. The molecule has 4 nitrogen and oxygen atoms in total. The quantitative estimate of drug-likeness (QED) is 0.830. The minimum absolute atomic E-state index is 0.0135. The summed E-state index contributed by atoms with van der Waals surface area (Å²) in [6, 6.07) is 5.41. The number of carbonyl (C=O) groups excluding carboxylic acids is 1. The zero-order valence-corrected chi connectivity index (χ0v) is 11.5. The zero-order valence-electron chi connectivity index (χ0n) is 11.5. The van der Waals surface area contributed by atoms with Gasteiger partial charge in [-0.1, -0.05) is 19.9 Å². The van der Waals surface area contributed by atoms with Crippen LogP contribution in [0.2, 0.25) is 0 Å². The second-order valence-corrected chi connectivity index (χ2v) is 5.07. The molecule has 0 aliphatic rings. The standard InChI is InChI=1S/C14H23N3O/c1-11(2)10-13(15)14(18)17(3)9-7-12-6-4-5-8-16-12/h4-6,8,11,13H,7,9-10,15H2,1-3H3/t13-/m1/s1. The van der Waals surface area contributed by atoms with Crippen LogP contribution in [0.4, 0.5) is 0 Å². The lowest BCUT2D eigenvalue weighted by molar-refractivity contribution is -0.131. The molecule has 18 heavy (non-hydrogen) atoms. The van der Waals surface area contributed by atoms with Gasteiger partial charge in [-0.3, -0.25) is 9.78 Å². The van der Waals surface area contributed by atoms with E-state index in [-0.39, 0.29) is 5.91 Å². The number of nitrogens with zero attached hydrogens (tertiary/aromatic N) is 2. The normalized spacial score (nSPS) is 12.5. The first kappa shape index (κ1) is 14.6. The SMILES string of the molecule is CC(C)C[C@@H](N)C(=O)N(C)CCc1ccccn1. The maximum Gasteiger partial charge on any atom is 0.239 e. The molecule has 1 aromatic heterocycles. The molecule has 1 aromatic rings. The van der Waals surface area contributed by atoms with Gasteiger partial charge in [-0.2, -0.15) is 0 Å². The molecule has 0 aliphatic heterocycles. The Hall–Kier alpha value is -1.42. The Bertz CT molecular complexity index is 365. The second-order valence-electron chi connectivity index (χ2n) is 5.07. The molecule has 0 spiro atoms. The number of hydrogen-bond acceptors (Lipinski definition) is 3. The van der Waals surface area contributed by atoms with Crippen molar-refractivity contribution in [2.45, 2.75) is 32.7 Å². The molecule has 0 fully saturated rings. The number of likely N-dealkylation sites (N-methyl/N-ethyl adjacent to an activating group) is 1. The Labute approximate surface area is 109 Å². The van der Waals surface area contributed by atoms with Gasteiger partial charge in [-0.25, -0.2) is 0 Å². The van der Waals surface area contributed by atoms with Crippen molar-refractivity contribution >= 4 is 5.91 Å². The van der Waals surface area contributed by atoms with E-state index >= 15 is 0 Å². The summed E-state index contributed by atoms with van der Waals surface area (Å²) in [6.45, 7) is 4.80. The van der Waals surface area contributed by atoms with Gasteiger partial charge in [-0.15, -0.1) is 0 Å². The summed E-state index contributed by atoms with van der Waals surface area (Å²) in [6.07, 6.45) is 3.26. The van der Waals surface area contributed by atoms with E-state index in [9.17, 15) is 4.79 Å². The van der Waals surface area contributed by atoms with E-state index in [1.54, 1.807) is 18.1 Å². The fourth-order valence-corrected chi connectivity index (χ4v) is 1.83. The van der Waals surface area contributed by atoms with Crippen molar-refractivity contribution in [2.75, 3.05) is 13.6 Å². The van der Waals surface area contributed by atoms with Crippen LogP contribution in [0.15, 0.2) is 24.4 Å². The van der Waals surface area contributed by atoms with Crippen molar-refractivity contribution in [3.63, 3.8) is 0 Å². The molecule has 1 atom stereocenters. The molecule has 1 heterocycles. The maximum atomic E-state index is 12.0. The number of carbonyl (C=O) groups is 1. The van der Waals surface area contributed by atoms with Gasteiger partial charge >= 0.3 is 0 Å². The Balaban J connectivity index is 2.40. The number of nitrogens with two attached hydrogens (primary N) is 1. The van der Waals surface area contributed by atoms with Crippen LogP contribution in [0, 0.1) is 5.92 Å². The van der Waals surface area contributed by atoms with Crippen LogP contribution in [0.3, 0.4) is 0 Å². The van der Waals surface area contributed by atoms with Crippen molar-refractivity contribution in [2.24, 2.45) is 11.7 Å². The van der Waals surface area contributed by atoms with Crippen LogP contribution in [0.1, 0.15) is 26.0 Å². The van der Waals surface area contributed by atoms with E-state index in [1.165, 1.54) is 0 Å². The molecule has 100 valence electrons. The van der Waals surface area contributed by atoms with Crippen molar-refractivity contribution in [3.8, 4) is 0 Å². The summed E-state index contributed by atoms with van der Waals surface area (Å²) in [5, 5.41) is 0. The summed E-state index contributed by atoms with van der Waals surface area (Å²) < 4.78 is 0. The largest absolute Gasteiger partial charge is 0.344 e. The molecular formula is C14H23N3O. The highest BCUT2D eigenvalue weighted by molar-refractivity contribution is 5.81. The minimum Gasteiger partial charge on any atom is -0.344 e. The lowest BCUT2D eigenvalue weighted by Crippen LogP contribution is -2.43. The molecule has 0 unspecified atom stereocenters. The monoisotopic (exact) mass is 249 g/mol. The summed E-state index contributed by atoms with van der Waals surface area (Å²) in [7, 11) is 1.80. The van der Waals surface area contributed by atoms with E-state index in [2.05, 4.69) is 18.8 Å². The van der Waals surface area contributed by atoms with E-state index in [0.717, 1.165) is 18.5 Å². The van der Waals surface area contributed by atoms with Gasteiger partial charge in [0.05, 0.1) is 6.04 Å². The predicted molar refractivity (Wildman–Crippen MR) is 73.0 cm³/mol. The molecule has 0 aromatic carbocycles. The number of hydrogen-bond donors (Lipinski definition) is 1. The van der Waals surface area contributed by atoms with E-state index in [1.807, 2.05) is 18.2 Å². The predicted octanol–water partition coefficient (Wildman–Crippen LogP) is 1.46. The molecule has 2 N–H and O–H groups in total. The summed E-state index contributed by atoms with van der Waals surface area (Å²) >= 11 is 0. The maximum absolute atomic E-state index is 12.0. The molecule has 1 rings (SSSR count). The Morgan fingerprint density at radius 3 is 2.72 bits per heavy atom. The number of aromatic nitrogens is 1. The summed E-state index contributed by atoms with van der Waals surface area (Å²) in [4.78, 5) is 17.9. The Morgan fingerprint density at radius 1 is 1.44 bits per heavy atom. The highest BCUT2D eigenvalue weighted by Gasteiger charge is 2.18. The molecule has 0 saturated heterocycles. The van der Waals surface area contributed by atoms with Crippen molar-refractivity contribution in [3.05, 3.63) is 30.1 Å². The van der Waals surface area contributed by atoms with E-state index in [0.29, 0.717) is 12.5 Å². The lowest BCUT2D eigenvalue weighted by atomic mass is 10.0. The van der Waals surface area contributed by atoms with Gasteiger partial charge in [-0.05, 0) is 24.5 Å². The van der Waals surface area contributed by atoms with Crippen LogP contribution >= 0.6 is 0 Å². The molecule has 0 aliphatic carbocycles. The Kier molecular flexibility index (Phi) is 5.78. The van der Waals surface area contributed by atoms with Gasteiger partial charge in [0.25, 0.3) is 0 Å². The Morgan fingerprint density at radius 2 is 2.17 bits per heavy atom. The first-order chi connectivity index (χ1) is 8.50. The van der Waals surface area contributed by atoms with Gasteiger partial charge in [0.15, 0.2) is 0 Å². The van der Waals surface area contributed by atoms with Crippen LogP contribution in [-0.4, -0.2) is 35.4 Å². The average Bonchev–Trinajstić information content (AvgIpc) is 2.35. The second kappa shape index (κ2) is 7.11. The first-order valence-corrected chi connectivity index (χ1v) is 6.41. The molecule has 0 bridgehead atoms. The van der Waals surface area contributed by atoms with Crippen molar-refractivity contribution < 1.29 is 4.79 Å². The van der Waals surface area contributed by atoms with Crippen LogP contribution < -0.4 is 5.73 Å². The van der Waals surface area contributed by atoms with Gasteiger partial charge in [0, 0.05) is 31.9 Å². The van der Waals surface area contributed by atoms with Gasteiger partial charge in [0.2, 0.25) is 5.91 Å². The number of rotatable bonds is 6. The summed E-state index contributed by atoms with van der Waals surface area (Å²) in [5.74, 6) is 0.452. The highest BCUT2D eigenvalue weighted by Crippen LogP contribution is 2.05. The molecule has 0 saturated carbocycles. The topological polar surface area (TPSA) is 59.2 Å². The van der Waals surface area contributed by atoms with Crippen molar-refractivity contribution in [1.82, 2.24) is 9.88 Å². The molecule has 1 amide bonds. The smallest absolute Gasteiger partial charge is 0.239 e.